The van der Waals surface area contributed by atoms with Gasteiger partial charge < -0.3 is 10.1 Å². The molecule has 0 unspecified atom stereocenters. The SMILES string of the molecule is CCNc1ccnc(-c2c(Cl)cccc2OC)n1. The van der Waals surface area contributed by atoms with E-state index in [9.17, 15) is 0 Å². The van der Waals surface area contributed by atoms with E-state index in [2.05, 4.69) is 15.3 Å². The second kappa shape index (κ2) is 5.69. The average Bonchev–Trinajstić information content (AvgIpc) is 2.39. The number of benzene rings is 1. The molecule has 0 atom stereocenters. The summed E-state index contributed by atoms with van der Waals surface area (Å²) in [6, 6.07) is 7.28. The van der Waals surface area contributed by atoms with Gasteiger partial charge in [-0.2, -0.15) is 0 Å². The molecular formula is C13H14ClN3O. The summed E-state index contributed by atoms with van der Waals surface area (Å²) in [5.41, 5.74) is 0.710. The van der Waals surface area contributed by atoms with Crippen LogP contribution in [0.4, 0.5) is 5.82 Å². The molecule has 5 heteroatoms. The monoisotopic (exact) mass is 263 g/mol. The van der Waals surface area contributed by atoms with Crippen LogP contribution in [0.3, 0.4) is 0 Å². The number of aromatic nitrogens is 2. The maximum atomic E-state index is 6.19. The van der Waals surface area contributed by atoms with Crippen LogP contribution in [0.1, 0.15) is 6.92 Å². The largest absolute Gasteiger partial charge is 0.496 e. The van der Waals surface area contributed by atoms with Gasteiger partial charge in [0.1, 0.15) is 11.6 Å². The van der Waals surface area contributed by atoms with Crippen LogP contribution in [0.15, 0.2) is 30.5 Å². The summed E-state index contributed by atoms with van der Waals surface area (Å²) in [6.07, 6.45) is 1.70. The molecule has 0 aliphatic heterocycles. The highest BCUT2D eigenvalue weighted by Gasteiger charge is 2.13. The molecule has 2 aromatic rings. The van der Waals surface area contributed by atoms with Crippen molar-refractivity contribution in [3.05, 3.63) is 35.5 Å². The molecule has 1 N–H and O–H groups in total. The number of halogens is 1. The third-order valence-corrected chi connectivity index (χ3v) is 2.75. The summed E-state index contributed by atoms with van der Waals surface area (Å²) >= 11 is 6.19. The minimum absolute atomic E-state index is 0.552. The minimum atomic E-state index is 0.552. The van der Waals surface area contributed by atoms with Crippen LogP contribution in [0.25, 0.3) is 11.4 Å². The van der Waals surface area contributed by atoms with Gasteiger partial charge in [-0.15, -0.1) is 0 Å². The molecule has 1 heterocycles. The maximum Gasteiger partial charge on any atom is 0.166 e. The molecule has 1 aromatic carbocycles. The van der Waals surface area contributed by atoms with Gasteiger partial charge in [0.2, 0.25) is 0 Å². The first-order valence-electron chi connectivity index (χ1n) is 5.66. The Morgan fingerprint density at radius 2 is 2.17 bits per heavy atom. The lowest BCUT2D eigenvalue weighted by Crippen LogP contribution is -2.01. The van der Waals surface area contributed by atoms with E-state index in [0.29, 0.717) is 22.2 Å². The molecule has 0 saturated heterocycles. The van der Waals surface area contributed by atoms with Crippen molar-refractivity contribution in [1.29, 1.82) is 0 Å². The Hall–Kier alpha value is -1.81. The number of rotatable bonds is 4. The smallest absolute Gasteiger partial charge is 0.166 e. The van der Waals surface area contributed by atoms with E-state index in [1.165, 1.54) is 0 Å². The molecule has 0 aliphatic rings. The third-order valence-electron chi connectivity index (χ3n) is 2.43. The number of hydrogen-bond donors (Lipinski definition) is 1. The van der Waals surface area contributed by atoms with Crippen molar-refractivity contribution in [1.82, 2.24) is 9.97 Å². The Morgan fingerprint density at radius 3 is 2.89 bits per heavy atom. The number of hydrogen-bond acceptors (Lipinski definition) is 4. The van der Waals surface area contributed by atoms with Gasteiger partial charge in [0.05, 0.1) is 17.7 Å². The zero-order valence-electron chi connectivity index (χ0n) is 10.3. The van der Waals surface area contributed by atoms with Crippen LogP contribution in [0.2, 0.25) is 5.02 Å². The highest BCUT2D eigenvalue weighted by Crippen LogP contribution is 2.34. The minimum Gasteiger partial charge on any atom is -0.496 e. The fourth-order valence-corrected chi connectivity index (χ4v) is 1.90. The summed E-state index contributed by atoms with van der Waals surface area (Å²) in [7, 11) is 1.60. The molecule has 0 radical (unpaired) electrons. The summed E-state index contributed by atoms with van der Waals surface area (Å²) in [4.78, 5) is 8.66. The van der Waals surface area contributed by atoms with Gasteiger partial charge in [0.25, 0.3) is 0 Å². The molecule has 4 nitrogen and oxygen atoms in total. The topological polar surface area (TPSA) is 47.0 Å². The van der Waals surface area contributed by atoms with Gasteiger partial charge in [-0.1, -0.05) is 17.7 Å². The molecule has 94 valence electrons. The number of nitrogens with zero attached hydrogens (tertiary/aromatic N) is 2. The van der Waals surface area contributed by atoms with Crippen molar-refractivity contribution in [2.45, 2.75) is 6.92 Å². The Morgan fingerprint density at radius 1 is 1.33 bits per heavy atom. The molecule has 0 bridgehead atoms. The van der Waals surface area contributed by atoms with Gasteiger partial charge in [-0.3, -0.25) is 0 Å². The number of ether oxygens (including phenoxy) is 1. The van der Waals surface area contributed by atoms with Crippen molar-refractivity contribution in [2.24, 2.45) is 0 Å². The van der Waals surface area contributed by atoms with E-state index in [-0.39, 0.29) is 0 Å². The van der Waals surface area contributed by atoms with E-state index in [0.717, 1.165) is 12.4 Å². The maximum absolute atomic E-state index is 6.19. The molecule has 0 aliphatic carbocycles. The van der Waals surface area contributed by atoms with Crippen LogP contribution >= 0.6 is 11.6 Å². The van der Waals surface area contributed by atoms with Gasteiger partial charge in [-0.05, 0) is 25.1 Å². The zero-order chi connectivity index (χ0) is 13.0. The Kier molecular flexibility index (Phi) is 3.99. The molecule has 18 heavy (non-hydrogen) atoms. The second-order valence-electron chi connectivity index (χ2n) is 3.61. The van der Waals surface area contributed by atoms with Gasteiger partial charge in [0, 0.05) is 12.7 Å². The van der Waals surface area contributed by atoms with Gasteiger partial charge in [-0.25, -0.2) is 9.97 Å². The van der Waals surface area contributed by atoms with Crippen LogP contribution in [-0.4, -0.2) is 23.6 Å². The molecule has 0 spiro atoms. The first-order chi connectivity index (χ1) is 8.76. The fourth-order valence-electron chi connectivity index (χ4n) is 1.65. The average molecular weight is 264 g/mol. The van der Waals surface area contributed by atoms with E-state index in [1.54, 1.807) is 19.4 Å². The summed E-state index contributed by atoms with van der Waals surface area (Å²) in [5.74, 6) is 1.98. The first kappa shape index (κ1) is 12.6. The molecular weight excluding hydrogens is 250 g/mol. The summed E-state index contributed by atoms with van der Waals surface area (Å²) in [6.45, 7) is 2.81. The van der Waals surface area contributed by atoms with E-state index < -0.39 is 0 Å². The van der Waals surface area contributed by atoms with Gasteiger partial charge in [0.15, 0.2) is 5.82 Å². The van der Waals surface area contributed by atoms with E-state index in [4.69, 9.17) is 16.3 Å². The van der Waals surface area contributed by atoms with Crippen LogP contribution < -0.4 is 10.1 Å². The normalized spacial score (nSPS) is 10.2. The Balaban J connectivity index is 2.51. The van der Waals surface area contributed by atoms with Crippen LogP contribution in [0.5, 0.6) is 5.75 Å². The standard InChI is InChI=1S/C13H14ClN3O/c1-3-15-11-7-8-16-13(17-11)12-9(14)5-4-6-10(12)18-2/h4-8H,3H2,1-2H3,(H,15,16,17). The molecule has 2 rings (SSSR count). The van der Waals surface area contributed by atoms with Crippen molar-refractivity contribution >= 4 is 17.4 Å². The van der Waals surface area contributed by atoms with Crippen molar-refractivity contribution in [2.75, 3.05) is 19.0 Å². The van der Waals surface area contributed by atoms with Crippen molar-refractivity contribution in [3.8, 4) is 17.1 Å². The summed E-state index contributed by atoms with van der Waals surface area (Å²) < 4.78 is 5.30. The number of anilines is 1. The predicted octanol–water partition coefficient (Wildman–Crippen LogP) is 3.24. The highest BCUT2D eigenvalue weighted by molar-refractivity contribution is 6.33. The lowest BCUT2D eigenvalue weighted by Gasteiger charge is -2.10. The molecule has 0 amide bonds. The summed E-state index contributed by atoms with van der Waals surface area (Å²) in [5, 5.41) is 3.71. The highest BCUT2D eigenvalue weighted by atomic mass is 35.5. The fraction of sp³-hybridized carbons (Fsp3) is 0.231. The number of methoxy groups -OCH3 is 1. The van der Waals surface area contributed by atoms with E-state index >= 15 is 0 Å². The Labute approximate surface area is 111 Å². The lowest BCUT2D eigenvalue weighted by molar-refractivity contribution is 0.416. The predicted molar refractivity (Wildman–Crippen MR) is 73.2 cm³/mol. The quantitative estimate of drug-likeness (QED) is 0.920. The van der Waals surface area contributed by atoms with Crippen molar-refractivity contribution in [3.63, 3.8) is 0 Å². The van der Waals surface area contributed by atoms with E-state index in [1.807, 2.05) is 25.1 Å². The van der Waals surface area contributed by atoms with Crippen LogP contribution in [0, 0.1) is 0 Å². The van der Waals surface area contributed by atoms with Crippen LogP contribution in [-0.2, 0) is 0 Å². The van der Waals surface area contributed by atoms with Crippen molar-refractivity contribution < 1.29 is 4.74 Å². The molecule has 0 fully saturated rings. The van der Waals surface area contributed by atoms with Gasteiger partial charge >= 0.3 is 0 Å². The lowest BCUT2D eigenvalue weighted by atomic mass is 10.2. The first-order valence-corrected chi connectivity index (χ1v) is 6.04. The Bertz CT molecular complexity index is 546. The number of nitrogens with one attached hydrogen (secondary N) is 1. The zero-order valence-corrected chi connectivity index (χ0v) is 11.0. The molecule has 1 aromatic heterocycles. The third kappa shape index (κ3) is 2.54. The second-order valence-corrected chi connectivity index (χ2v) is 4.02. The molecule has 0 saturated carbocycles.